The van der Waals surface area contributed by atoms with Crippen molar-refractivity contribution in [2.75, 3.05) is 0 Å². The minimum atomic E-state index is 0.731. The van der Waals surface area contributed by atoms with Crippen LogP contribution in [0.5, 0.6) is 0 Å². The van der Waals surface area contributed by atoms with E-state index in [0.717, 1.165) is 23.9 Å². The normalized spacial score (nSPS) is 27.8. The first-order chi connectivity index (χ1) is 7.13. The summed E-state index contributed by atoms with van der Waals surface area (Å²) in [5.41, 5.74) is 0. The monoisotopic (exact) mass is 211 g/mol. The van der Waals surface area contributed by atoms with E-state index in [9.17, 15) is 0 Å². The average molecular weight is 211 g/mol. The molecular weight excluding hydrogens is 182 g/mol. The van der Waals surface area contributed by atoms with Gasteiger partial charge in [-0.15, -0.1) is 0 Å². The van der Waals surface area contributed by atoms with Gasteiger partial charge in [-0.25, -0.2) is 0 Å². The highest BCUT2D eigenvalue weighted by Gasteiger charge is 2.31. The summed E-state index contributed by atoms with van der Waals surface area (Å²) in [6, 6.07) is 1.56. The Morgan fingerprint density at radius 2 is 1.80 bits per heavy atom. The summed E-state index contributed by atoms with van der Waals surface area (Å²) in [6.07, 6.45) is 8.31. The molecule has 0 aromatic carbocycles. The van der Waals surface area contributed by atoms with Crippen molar-refractivity contribution in [2.45, 2.75) is 78.3 Å². The highest BCUT2D eigenvalue weighted by atomic mass is 15.0. The Kier molecular flexibility index (Phi) is 5.66. The molecule has 1 fully saturated rings. The van der Waals surface area contributed by atoms with Crippen molar-refractivity contribution < 1.29 is 0 Å². The van der Waals surface area contributed by atoms with Gasteiger partial charge in [0.15, 0.2) is 0 Å². The summed E-state index contributed by atoms with van der Waals surface area (Å²) in [5.74, 6) is 1.88. The van der Waals surface area contributed by atoms with E-state index in [0.29, 0.717) is 0 Å². The second-order valence-electron chi connectivity index (χ2n) is 5.74. The van der Waals surface area contributed by atoms with Crippen LogP contribution in [0.2, 0.25) is 0 Å². The SMILES string of the molecule is CCCCCC(C)NC1CC(C(C)C)C1. The topological polar surface area (TPSA) is 12.0 Å². The molecule has 1 aliphatic carbocycles. The highest BCUT2D eigenvalue weighted by molar-refractivity contribution is 4.87. The summed E-state index contributed by atoms with van der Waals surface area (Å²) in [7, 11) is 0. The van der Waals surface area contributed by atoms with E-state index in [2.05, 4.69) is 33.0 Å². The molecule has 1 rings (SSSR count). The molecule has 1 N–H and O–H groups in total. The average Bonchev–Trinajstić information content (AvgIpc) is 2.10. The van der Waals surface area contributed by atoms with Gasteiger partial charge in [0.25, 0.3) is 0 Å². The molecule has 0 bridgehead atoms. The predicted octanol–water partition coefficient (Wildman–Crippen LogP) is 3.98. The third-order valence-electron chi connectivity index (χ3n) is 3.88. The van der Waals surface area contributed by atoms with Crippen molar-refractivity contribution in [3.05, 3.63) is 0 Å². The van der Waals surface area contributed by atoms with Crippen LogP contribution in [0.15, 0.2) is 0 Å². The van der Waals surface area contributed by atoms with Gasteiger partial charge < -0.3 is 5.32 Å². The van der Waals surface area contributed by atoms with Crippen LogP contribution in [0.3, 0.4) is 0 Å². The lowest BCUT2D eigenvalue weighted by Gasteiger charge is -2.40. The molecule has 0 radical (unpaired) electrons. The zero-order chi connectivity index (χ0) is 11.3. The van der Waals surface area contributed by atoms with E-state index in [-0.39, 0.29) is 0 Å². The molecule has 0 aliphatic heterocycles. The summed E-state index contributed by atoms with van der Waals surface area (Å²) in [5, 5.41) is 3.76. The third-order valence-corrected chi connectivity index (χ3v) is 3.88. The van der Waals surface area contributed by atoms with Crippen molar-refractivity contribution in [1.29, 1.82) is 0 Å². The minimum Gasteiger partial charge on any atom is -0.311 e. The zero-order valence-electron chi connectivity index (χ0n) is 11.1. The minimum absolute atomic E-state index is 0.731. The Morgan fingerprint density at radius 3 is 2.33 bits per heavy atom. The van der Waals surface area contributed by atoms with E-state index in [1.165, 1.54) is 38.5 Å². The van der Waals surface area contributed by atoms with E-state index in [1.54, 1.807) is 0 Å². The Hall–Kier alpha value is -0.0400. The molecule has 1 nitrogen and oxygen atoms in total. The van der Waals surface area contributed by atoms with Crippen molar-refractivity contribution in [3.8, 4) is 0 Å². The van der Waals surface area contributed by atoms with Gasteiger partial charge in [0.05, 0.1) is 0 Å². The molecule has 1 heteroatoms. The smallest absolute Gasteiger partial charge is 0.00750 e. The van der Waals surface area contributed by atoms with E-state index < -0.39 is 0 Å². The Balaban J connectivity index is 2.00. The van der Waals surface area contributed by atoms with Crippen LogP contribution in [0.4, 0.5) is 0 Å². The van der Waals surface area contributed by atoms with Crippen LogP contribution in [-0.4, -0.2) is 12.1 Å². The number of hydrogen-bond acceptors (Lipinski definition) is 1. The predicted molar refractivity (Wildman–Crippen MR) is 68.1 cm³/mol. The number of rotatable bonds is 7. The van der Waals surface area contributed by atoms with Gasteiger partial charge in [-0.3, -0.25) is 0 Å². The van der Waals surface area contributed by atoms with Gasteiger partial charge in [0, 0.05) is 12.1 Å². The number of hydrogen-bond donors (Lipinski definition) is 1. The first-order valence-corrected chi connectivity index (χ1v) is 6.89. The molecule has 1 unspecified atom stereocenters. The Labute approximate surface area is 96.0 Å². The third kappa shape index (κ3) is 4.55. The van der Waals surface area contributed by atoms with Gasteiger partial charge in [0.1, 0.15) is 0 Å². The summed E-state index contributed by atoms with van der Waals surface area (Å²) < 4.78 is 0. The number of unbranched alkanes of at least 4 members (excludes halogenated alkanes) is 2. The van der Waals surface area contributed by atoms with Crippen LogP contribution in [0, 0.1) is 11.8 Å². The van der Waals surface area contributed by atoms with Crippen LogP contribution in [0.25, 0.3) is 0 Å². The fraction of sp³-hybridized carbons (Fsp3) is 1.00. The lowest BCUT2D eigenvalue weighted by molar-refractivity contribution is 0.157. The Morgan fingerprint density at radius 1 is 1.13 bits per heavy atom. The van der Waals surface area contributed by atoms with E-state index >= 15 is 0 Å². The first kappa shape index (κ1) is 13.0. The summed E-state index contributed by atoms with van der Waals surface area (Å²) in [4.78, 5) is 0. The molecule has 0 aromatic heterocycles. The molecule has 1 saturated carbocycles. The number of nitrogens with one attached hydrogen (secondary N) is 1. The molecule has 0 saturated heterocycles. The van der Waals surface area contributed by atoms with Crippen LogP contribution >= 0.6 is 0 Å². The van der Waals surface area contributed by atoms with Crippen molar-refractivity contribution in [2.24, 2.45) is 11.8 Å². The van der Waals surface area contributed by atoms with Crippen LogP contribution < -0.4 is 5.32 Å². The van der Waals surface area contributed by atoms with Crippen LogP contribution in [0.1, 0.15) is 66.2 Å². The largest absolute Gasteiger partial charge is 0.311 e. The molecule has 1 atom stereocenters. The second-order valence-corrected chi connectivity index (χ2v) is 5.74. The van der Waals surface area contributed by atoms with Gasteiger partial charge in [-0.2, -0.15) is 0 Å². The first-order valence-electron chi connectivity index (χ1n) is 6.89. The van der Waals surface area contributed by atoms with Crippen molar-refractivity contribution >= 4 is 0 Å². The van der Waals surface area contributed by atoms with Gasteiger partial charge in [-0.1, -0.05) is 40.0 Å². The zero-order valence-corrected chi connectivity index (χ0v) is 11.1. The lowest BCUT2D eigenvalue weighted by atomic mass is 9.73. The molecule has 90 valence electrons. The molecule has 0 heterocycles. The Bertz CT molecular complexity index is 159. The maximum atomic E-state index is 3.76. The molecule has 0 aromatic rings. The molecule has 0 amide bonds. The summed E-state index contributed by atoms with van der Waals surface area (Å²) in [6.45, 7) is 9.33. The molecule has 0 spiro atoms. The van der Waals surface area contributed by atoms with Gasteiger partial charge >= 0.3 is 0 Å². The lowest BCUT2D eigenvalue weighted by Crippen LogP contribution is -2.46. The quantitative estimate of drug-likeness (QED) is 0.628. The fourth-order valence-corrected chi connectivity index (χ4v) is 2.53. The van der Waals surface area contributed by atoms with Gasteiger partial charge in [-0.05, 0) is 38.0 Å². The van der Waals surface area contributed by atoms with Crippen molar-refractivity contribution in [1.82, 2.24) is 5.32 Å². The fourth-order valence-electron chi connectivity index (χ4n) is 2.53. The molecule has 15 heavy (non-hydrogen) atoms. The molecular formula is C14H29N. The summed E-state index contributed by atoms with van der Waals surface area (Å²) >= 11 is 0. The van der Waals surface area contributed by atoms with E-state index in [4.69, 9.17) is 0 Å². The van der Waals surface area contributed by atoms with E-state index in [1.807, 2.05) is 0 Å². The molecule has 1 aliphatic rings. The second kappa shape index (κ2) is 6.52. The maximum Gasteiger partial charge on any atom is 0.00750 e. The maximum absolute atomic E-state index is 3.76. The standard InChI is InChI=1S/C14H29N/c1-5-6-7-8-12(4)15-14-9-13(10-14)11(2)3/h11-15H,5-10H2,1-4H3. The van der Waals surface area contributed by atoms with Crippen LogP contribution in [-0.2, 0) is 0 Å². The van der Waals surface area contributed by atoms with Crippen molar-refractivity contribution in [3.63, 3.8) is 0 Å². The highest BCUT2D eigenvalue weighted by Crippen LogP contribution is 2.33. The van der Waals surface area contributed by atoms with Gasteiger partial charge in [0.2, 0.25) is 0 Å².